The third-order valence-corrected chi connectivity index (χ3v) is 17.3. The summed E-state index contributed by atoms with van der Waals surface area (Å²) in [4.78, 5) is 111. The van der Waals surface area contributed by atoms with E-state index in [9.17, 15) is 39.4 Å². The van der Waals surface area contributed by atoms with Crippen LogP contribution in [-0.4, -0.2) is 63.4 Å². The monoisotopic (exact) mass is 1180 g/mol. The van der Waals surface area contributed by atoms with Gasteiger partial charge in [0.05, 0.1) is 73.4 Å². The highest BCUT2D eigenvalue weighted by Gasteiger charge is 2.62. The molecule has 436 valence electrons. The highest BCUT2D eigenvalue weighted by atomic mass is 16.6. The zero-order valence-corrected chi connectivity index (χ0v) is 47.7. The van der Waals surface area contributed by atoms with Crippen LogP contribution in [0.2, 0.25) is 0 Å². The molecule has 15 rings (SSSR count). The van der Waals surface area contributed by atoms with Gasteiger partial charge in [-0.25, -0.2) is 15.0 Å². The first-order valence-electron chi connectivity index (χ1n) is 29.0. The summed E-state index contributed by atoms with van der Waals surface area (Å²) in [6.45, 7) is 1.66. The number of hydrogen-bond acceptors (Lipinski definition) is 13. The maximum Gasteiger partial charge on any atom is 0.269 e. The molecule has 0 radical (unpaired) electrons. The van der Waals surface area contributed by atoms with E-state index in [4.69, 9.17) is 24.7 Å². The largest absolute Gasteiger partial charge is 0.439 e. The van der Waals surface area contributed by atoms with Crippen LogP contribution in [0, 0.1) is 50.8 Å². The van der Waals surface area contributed by atoms with Gasteiger partial charge in [-0.1, -0.05) is 103 Å². The van der Waals surface area contributed by atoms with Gasteiger partial charge in [-0.15, -0.1) is 0 Å². The molecule has 0 unspecified atom stereocenters. The van der Waals surface area contributed by atoms with E-state index in [1.165, 1.54) is 48.5 Å². The molecule has 0 saturated carbocycles. The predicted molar refractivity (Wildman–Crippen MR) is 340 cm³/mol. The summed E-state index contributed by atoms with van der Waals surface area (Å²) >= 11 is 0. The van der Waals surface area contributed by atoms with Crippen LogP contribution in [-0.2, 0) is 32.0 Å². The first-order chi connectivity index (χ1) is 43.8. The maximum absolute atomic E-state index is 15.0. The third-order valence-electron chi connectivity index (χ3n) is 17.3. The maximum atomic E-state index is 15.0. The van der Waals surface area contributed by atoms with E-state index in [1.807, 2.05) is 84.9 Å². The van der Waals surface area contributed by atoms with Crippen molar-refractivity contribution in [2.75, 3.05) is 9.80 Å². The lowest BCUT2D eigenvalue weighted by Crippen LogP contribution is -2.39. The molecule has 4 amide bonds. The van der Waals surface area contributed by atoms with Crippen molar-refractivity contribution in [1.29, 1.82) is 0 Å². The summed E-state index contributed by atoms with van der Waals surface area (Å²) in [6.07, 6.45) is 7.81. The SMILES string of the molecule is Cc1nc2c(c(Oc3ccc(-c4c5nc(c(-c6ccccc6)c6ccc([nH]6)c(-c6ccccc6)c6nc(c(-c7ccccc7)c7ccc4[nH]7)C=C6)C=C5)cc3)n1)C[C@@H]1C(=O)N(c3ccc([N+](=O)[O-])cc3)C(=O)[C@@H]1[C@H]1C(=O)N(c3ccc([N+](=O)[O-])cc3)C(=O)[C@H]1C2. The van der Waals surface area contributed by atoms with E-state index in [0.717, 1.165) is 93.5 Å². The molecule has 10 aromatic rings. The number of nitrogens with one attached hydrogen (secondary N) is 2. The Hall–Kier alpha value is -12.1. The number of ether oxygens (including phenoxy) is 1. The van der Waals surface area contributed by atoms with Crippen molar-refractivity contribution in [3.63, 3.8) is 0 Å². The van der Waals surface area contributed by atoms with E-state index >= 15 is 0 Å². The molecule has 2 fully saturated rings. The number of aromatic nitrogens is 6. The summed E-state index contributed by atoms with van der Waals surface area (Å²) in [6, 6.07) is 56.0. The van der Waals surface area contributed by atoms with E-state index in [2.05, 4.69) is 76.7 Å². The average molecular weight is 1190 g/mol. The fourth-order valence-corrected chi connectivity index (χ4v) is 13.2. The average Bonchev–Trinajstić information content (AvgIpc) is 1.58. The van der Waals surface area contributed by atoms with Crippen LogP contribution in [0.5, 0.6) is 11.6 Å². The lowest BCUT2D eigenvalue weighted by molar-refractivity contribution is -0.385. The van der Waals surface area contributed by atoms with Crippen molar-refractivity contribution >= 4 is 92.7 Å². The second kappa shape index (κ2) is 21.7. The Balaban J connectivity index is 0.864. The molecule has 4 aliphatic heterocycles. The van der Waals surface area contributed by atoms with Crippen LogP contribution in [0.4, 0.5) is 22.7 Å². The Morgan fingerprint density at radius 2 is 0.800 bits per heavy atom. The highest BCUT2D eigenvalue weighted by Crippen LogP contribution is 2.49. The smallest absolute Gasteiger partial charge is 0.269 e. The van der Waals surface area contributed by atoms with Gasteiger partial charge in [-0.05, 0) is 121 Å². The Kier molecular flexibility index (Phi) is 13.1. The molecule has 1 aliphatic carbocycles. The molecule has 2 N–H and O–H groups in total. The number of hydrogen-bond donors (Lipinski definition) is 2. The first kappa shape index (κ1) is 54.5. The molecule has 8 heterocycles. The minimum absolute atomic E-state index is 0.0393. The lowest BCUT2D eigenvalue weighted by Gasteiger charge is -2.28. The number of anilines is 2. The van der Waals surface area contributed by atoms with Crippen LogP contribution in [0.3, 0.4) is 0 Å². The number of aryl methyl sites for hydroxylation is 1. The van der Waals surface area contributed by atoms with Gasteiger partial charge in [0.2, 0.25) is 29.5 Å². The Bertz CT molecular complexity index is 4900. The van der Waals surface area contributed by atoms with Crippen molar-refractivity contribution in [2.24, 2.45) is 23.7 Å². The zero-order chi connectivity index (χ0) is 61.5. The topological polar surface area (TPSA) is 253 Å². The number of aromatic amines is 2. The minimum Gasteiger partial charge on any atom is -0.439 e. The summed E-state index contributed by atoms with van der Waals surface area (Å²) in [5.41, 5.74) is 13.7. The van der Waals surface area contributed by atoms with Crippen LogP contribution >= 0.6 is 0 Å². The van der Waals surface area contributed by atoms with Crippen LogP contribution in [0.1, 0.15) is 39.9 Å². The normalized spacial score (nSPS) is 17.4. The van der Waals surface area contributed by atoms with E-state index in [-0.39, 0.29) is 47.3 Å². The van der Waals surface area contributed by atoms with E-state index < -0.39 is 57.1 Å². The van der Waals surface area contributed by atoms with Crippen molar-refractivity contribution in [3.05, 3.63) is 248 Å². The Morgan fingerprint density at radius 1 is 0.433 bits per heavy atom. The molecule has 6 aromatic carbocycles. The van der Waals surface area contributed by atoms with Gasteiger partial charge < -0.3 is 14.7 Å². The van der Waals surface area contributed by atoms with Crippen molar-refractivity contribution in [1.82, 2.24) is 29.9 Å². The van der Waals surface area contributed by atoms with Crippen LogP contribution < -0.4 is 14.5 Å². The molecule has 4 atom stereocenters. The number of fused-ring (bicyclic) bond motifs is 12. The van der Waals surface area contributed by atoms with Crippen molar-refractivity contribution < 1.29 is 33.8 Å². The van der Waals surface area contributed by atoms with Gasteiger partial charge in [0.1, 0.15) is 11.6 Å². The Labute approximate surface area is 511 Å². The van der Waals surface area contributed by atoms with Gasteiger partial charge >= 0.3 is 0 Å². The molecular formula is C71H48N10O9. The first-order valence-corrected chi connectivity index (χ1v) is 29.0. The fourth-order valence-electron chi connectivity index (χ4n) is 13.2. The number of rotatable bonds is 10. The predicted octanol–water partition coefficient (Wildman–Crippen LogP) is 13.7. The Morgan fingerprint density at radius 3 is 1.18 bits per heavy atom. The molecule has 19 heteroatoms. The number of nitro groups is 2. The number of nitrogens with zero attached hydrogens (tertiary/aromatic N) is 8. The number of nitro benzene ring substituents is 2. The molecule has 19 nitrogen and oxygen atoms in total. The van der Waals surface area contributed by atoms with Crippen molar-refractivity contribution in [2.45, 2.75) is 19.8 Å². The van der Waals surface area contributed by atoms with Gasteiger partial charge in [0, 0.05) is 80.6 Å². The summed E-state index contributed by atoms with van der Waals surface area (Å²) in [7, 11) is 0. The molecule has 5 aliphatic rings. The number of carbonyl (C=O) groups is 4. The number of H-pyrrole nitrogens is 2. The minimum atomic E-state index is -1.39. The highest BCUT2D eigenvalue weighted by molar-refractivity contribution is 6.27. The number of imide groups is 2. The molecule has 8 bridgehead atoms. The van der Waals surface area contributed by atoms with Gasteiger partial charge in [0.25, 0.3) is 11.4 Å². The van der Waals surface area contributed by atoms with E-state index in [1.54, 1.807) is 19.1 Å². The number of amides is 4. The molecule has 4 aromatic heterocycles. The van der Waals surface area contributed by atoms with E-state index in [0.29, 0.717) is 22.7 Å². The van der Waals surface area contributed by atoms with Gasteiger partial charge in [0.15, 0.2) is 0 Å². The van der Waals surface area contributed by atoms with Gasteiger partial charge in [-0.2, -0.15) is 4.98 Å². The van der Waals surface area contributed by atoms with Gasteiger partial charge in [-0.3, -0.25) is 49.2 Å². The lowest BCUT2D eigenvalue weighted by atomic mass is 9.71. The standard InChI is InChI=1S/C71H48N10O9/c1-39-72-60-38-51-66(71(85)79(69(51)83)45-21-25-47(26-22-45)81(88)89)65-50(68(82)78(70(65)84)44-19-23-46(24-20-44)80(86)87)37-49(60)67(73-39)90-48-27-17-43(18-28-48)64-58-35-33-56(76-58)62(41-13-7-3-8-14-41)54-31-29-52(74-54)61(40-11-5-2-6-12-40)53-30-32-55(75-53)63(42-15-9-4-10-16-42)57-34-36-59(64)77-57/h2-36,50-51,65-66,74,77H,37-38H2,1H3/t50-,51-,65-,66-/m0/s1. The number of benzene rings is 6. The second-order valence-electron chi connectivity index (χ2n) is 22.5. The molecule has 0 spiro atoms. The molecule has 2 saturated heterocycles. The molecule has 90 heavy (non-hydrogen) atoms. The van der Waals surface area contributed by atoms with Crippen LogP contribution in [0.25, 0.3) is 90.9 Å². The third kappa shape index (κ3) is 9.30. The molecular weight excluding hydrogens is 1140 g/mol. The quantitative estimate of drug-likeness (QED) is 0.0735. The number of carbonyl (C=O) groups excluding carboxylic acids is 4. The zero-order valence-electron chi connectivity index (χ0n) is 47.7. The summed E-state index contributed by atoms with van der Waals surface area (Å²) < 4.78 is 6.75. The van der Waals surface area contributed by atoms with Crippen LogP contribution in [0.15, 0.2) is 188 Å². The van der Waals surface area contributed by atoms with Crippen molar-refractivity contribution in [3.8, 4) is 56.1 Å². The summed E-state index contributed by atoms with van der Waals surface area (Å²) in [5, 5.41) is 23.3. The summed E-state index contributed by atoms with van der Waals surface area (Å²) in [5.74, 6) is -7.51. The second-order valence-corrected chi connectivity index (χ2v) is 22.5. The fraction of sp³-hybridized carbons (Fsp3) is 0.0986. The number of non-ortho nitro benzene ring substituents is 2.